The number of nitrogens with two attached hydrogens (primary N) is 1. The quantitative estimate of drug-likeness (QED) is 0.846. The maximum Gasteiger partial charge on any atom is 0.127 e. The Balaban J connectivity index is 0.00000161. The van der Waals surface area contributed by atoms with Crippen molar-refractivity contribution in [1.82, 2.24) is 4.90 Å². The number of halogens is 2. The first-order chi connectivity index (χ1) is 9.72. The van der Waals surface area contributed by atoms with E-state index in [1.807, 2.05) is 30.3 Å². The summed E-state index contributed by atoms with van der Waals surface area (Å²) in [5.41, 5.74) is 8.56. The Hall–Kier alpha value is -1.58. The van der Waals surface area contributed by atoms with Crippen LogP contribution in [0, 0.1) is 5.82 Å². The molecule has 0 aliphatic heterocycles. The summed E-state index contributed by atoms with van der Waals surface area (Å²) in [5, 5.41) is 0. The van der Waals surface area contributed by atoms with Crippen molar-refractivity contribution in [2.75, 3.05) is 5.73 Å². The van der Waals surface area contributed by atoms with Crippen molar-refractivity contribution in [3.63, 3.8) is 0 Å². The molecule has 2 aromatic carbocycles. The van der Waals surface area contributed by atoms with Gasteiger partial charge in [-0.15, -0.1) is 12.4 Å². The lowest BCUT2D eigenvalue weighted by Crippen LogP contribution is -2.25. The summed E-state index contributed by atoms with van der Waals surface area (Å²) in [7, 11) is 0. The zero-order valence-electron chi connectivity index (χ0n) is 11.8. The first-order valence-electron chi connectivity index (χ1n) is 7.04. The van der Waals surface area contributed by atoms with Crippen LogP contribution >= 0.6 is 12.4 Å². The molecule has 2 nitrogen and oxygen atoms in total. The second-order valence-corrected chi connectivity index (χ2v) is 5.47. The Bertz CT molecular complexity index is 599. The molecule has 1 aliphatic rings. The Morgan fingerprint density at radius 3 is 2.48 bits per heavy atom. The van der Waals surface area contributed by atoms with E-state index in [0.717, 1.165) is 17.8 Å². The van der Waals surface area contributed by atoms with Crippen molar-refractivity contribution in [1.29, 1.82) is 0 Å². The molecule has 1 aliphatic carbocycles. The van der Waals surface area contributed by atoms with E-state index in [9.17, 15) is 4.39 Å². The minimum atomic E-state index is -0.120. The van der Waals surface area contributed by atoms with Gasteiger partial charge in [0.1, 0.15) is 5.82 Å². The third-order valence-corrected chi connectivity index (χ3v) is 3.73. The van der Waals surface area contributed by atoms with E-state index in [1.165, 1.54) is 24.5 Å². The molecular weight excluding hydrogens is 287 g/mol. The number of hydrogen-bond acceptors (Lipinski definition) is 2. The fraction of sp³-hybridized carbons (Fsp3) is 0.294. The molecule has 0 bridgehead atoms. The second kappa shape index (κ2) is 6.92. The first kappa shape index (κ1) is 15.8. The third kappa shape index (κ3) is 4.19. The molecule has 112 valence electrons. The molecule has 0 atom stereocenters. The Kier molecular flexibility index (Phi) is 5.21. The van der Waals surface area contributed by atoms with E-state index >= 15 is 0 Å². The molecular formula is C17H20ClFN2. The highest BCUT2D eigenvalue weighted by Gasteiger charge is 2.29. The van der Waals surface area contributed by atoms with Crippen LogP contribution in [0.25, 0.3) is 0 Å². The number of anilines is 1. The normalized spacial score (nSPS) is 14.0. The number of hydrogen-bond donors (Lipinski definition) is 1. The molecule has 0 radical (unpaired) electrons. The van der Waals surface area contributed by atoms with Crippen molar-refractivity contribution < 1.29 is 4.39 Å². The van der Waals surface area contributed by atoms with Crippen molar-refractivity contribution in [3.8, 4) is 0 Å². The minimum absolute atomic E-state index is 0. The molecule has 0 unspecified atom stereocenters. The van der Waals surface area contributed by atoms with Crippen LogP contribution in [-0.2, 0) is 13.1 Å². The SMILES string of the molecule is Cl.Nc1cccc(CN(Cc2ccccc2F)C2CC2)c1. The Labute approximate surface area is 131 Å². The monoisotopic (exact) mass is 306 g/mol. The molecule has 21 heavy (non-hydrogen) atoms. The maximum atomic E-state index is 13.8. The topological polar surface area (TPSA) is 29.3 Å². The summed E-state index contributed by atoms with van der Waals surface area (Å²) < 4.78 is 13.8. The van der Waals surface area contributed by atoms with Gasteiger partial charge in [-0.3, -0.25) is 4.90 Å². The van der Waals surface area contributed by atoms with Crippen LogP contribution in [-0.4, -0.2) is 10.9 Å². The lowest BCUT2D eigenvalue weighted by molar-refractivity contribution is 0.242. The molecule has 0 amide bonds. The van der Waals surface area contributed by atoms with Gasteiger partial charge in [0.15, 0.2) is 0 Å². The van der Waals surface area contributed by atoms with Gasteiger partial charge in [-0.25, -0.2) is 4.39 Å². The van der Waals surface area contributed by atoms with Gasteiger partial charge in [-0.05, 0) is 36.6 Å². The molecule has 1 saturated carbocycles. The fourth-order valence-electron chi connectivity index (χ4n) is 2.53. The van der Waals surface area contributed by atoms with Gasteiger partial charge < -0.3 is 5.73 Å². The number of nitrogen functional groups attached to an aromatic ring is 1. The van der Waals surface area contributed by atoms with Crippen molar-refractivity contribution in [2.45, 2.75) is 32.0 Å². The van der Waals surface area contributed by atoms with E-state index in [0.29, 0.717) is 12.6 Å². The van der Waals surface area contributed by atoms with Crippen molar-refractivity contribution in [3.05, 3.63) is 65.5 Å². The number of nitrogens with zero attached hydrogens (tertiary/aromatic N) is 1. The summed E-state index contributed by atoms with van der Waals surface area (Å²) in [5.74, 6) is -0.120. The third-order valence-electron chi connectivity index (χ3n) is 3.73. The molecule has 0 aromatic heterocycles. The summed E-state index contributed by atoms with van der Waals surface area (Å²) in [6.45, 7) is 1.48. The molecule has 4 heteroatoms. The first-order valence-corrected chi connectivity index (χ1v) is 7.04. The van der Waals surface area contributed by atoms with Gasteiger partial charge in [0, 0.05) is 30.4 Å². The van der Waals surface area contributed by atoms with Crippen LogP contribution in [0.3, 0.4) is 0 Å². The highest BCUT2D eigenvalue weighted by molar-refractivity contribution is 5.85. The molecule has 2 N–H and O–H groups in total. The number of benzene rings is 2. The molecule has 3 rings (SSSR count). The summed E-state index contributed by atoms with van der Waals surface area (Å²) >= 11 is 0. The van der Waals surface area contributed by atoms with E-state index < -0.39 is 0 Å². The van der Waals surface area contributed by atoms with Crippen LogP contribution in [0.15, 0.2) is 48.5 Å². The van der Waals surface area contributed by atoms with Gasteiger partial charge in [0.2, 0.25) is 0 Å². The van der Waals surface area contributed by atoms with Gasteiger partial charge in [0.05, 0.1) is 0 Å². The van der Waals surface area contributed by atoms with E-state index in [2.05, 4.69) is 11.0 Å². The average Bonchev–Trinajstić information content (AvgIpc) is 3.25. The highest BCUT2D eigenvalue weighted by Crippen LogP contribution is 2.30. The van der Waals surface area contributed by atoms with Crippen LogP contribution in [0.4, 0.5) is 10.1 Å². The zero-order valence-corrected chi connectivity index (χ0v) is 12.7. The molecule has 0 heterocycles. The largest absolute Gasteiger partial charge is 0.399 e. The summed E-state index contributed by atoms with van der Waals surface area (Å²) in [4.78, 5) is 2.34. The van der Waals surface area contributed by atoms with Crippen LogP contribution in [0.5, 0.6) is 0 Å². The van der Waals surface area contributed by atoms with Gasteiger partial charge >= 0.3 is 0 Å². The molecule has 0 spiro atoms. The van der Waals surface area contributed by atoms with Gasteiger partial charge in [0.25, 0.3) is 0 Å². The predicted octanol–water partition coefficient (Wildman–Crippen LogP) is 3.99. The number of rotatable bonds is 5. The molecule has 1 fully saturated rings. The van der Waals surface area contributed by atoms with Crippen LogP contribution < -0.4 is 5.73 Å². The van der Waals surface area contributed by atoms with Crippen molar-refractivity contribution in [2.24, 2.45) is 0 Å². The Morgan fingerprint density at radius 1 is 1.05 bits per heavy atom. The predicted molar refractivity (Wildman–Crippen MR) is 86.8 cm³/mol. The summed E-state index contributed by atoms with van der Waals surface area (Å²) in [6.07, 6.45) is 2.41. The van der Waals surface area contributed by atoms with Crippen LogP contribution in [0.1, 0.15) is 24.0 Å². The van der Waals surface area contributed by atoms with E-state index in [4.69, 9.17) is 5.73 Å². The lowest BCUT2D eigenvalue weighted by Gasteiger charge is -2.22. The lowest BCUT2D eigenvalue weighted by atomic mass is 10.1. The molecule has 2 aromatic rings. The second-order valence-electron chi connectivity index (χ2n) is 5.47. The van der Waals surface area contributed by atoms with Gasteiger partial charge in [-0.2, -0.15) is 0 Å². The molecule has 0 saturated heterocycles. The smallest absolute Gasteiger partial charge is 0.127 e. The standard InChI is InChI=1S/C17H19FN2.ClH/c18-17-7-2-1-5-14(17)12-20(16-8-9-16)11-13-4-3-6-15(19)10-13;/h1-7,10,16H,8-9,11-12,19H2;1H. The zero-order chi connectivity index (χ0) is 13.9. The summed E-state index contributed by atoms with van der Waals surface area (Å²) in [6, 6.07) is 15.5. The van der Waals surface area contributed by atoms with E-state index in [-0.39, 0.29) is 18.2 Å². The van der Waals surface area contributed by atoms with Gasteiger partial charge in [-0.1, -0.05) is 30.3 Å². The van der Waals surface area contributed by atoms with E-state index in [1.54, 1.807) is 6.07 Å². The Morgan fingerprint density at radius 2 is 1.81 bits per heavy atom. The average molecular weight is 307 g/mol. The van der Waals surface area contributed by atoms with Crippen LogP contribution in [0.2, 0.25) is 0 Å². The maximum absolute atomic E-state index is 13.8. The minimum Gasteiger partial charge on any atom is -0.399 e. The van der Waals surface area contributed by atoms with Crippen molar-refractivity contribution >= 4 is 18.1 Å². The highest BCUT2D eigenvalue weighted by atomic mass is 35.5. The fourth-order valence-corrected chi connectivity index (χ4v) is 2.53.